The Labute approximate surface area is 184 Å². The molecule has 0 radical (unpaired) electrons. The number of carbonyl (C=O) groups is 1. The average Bonchev–Trinajstić information content (AvgIpc) is 2.80. The van der Waals surface area contributed by atoms with Crippen LogP contribution in [0.5, 0.6) is 0 Å². The molecule has 158 valence electrons. The zero-order chi connectivity index (χ0) is 21.6. The highest BCUT2D eigenvalue weighted by molar-refractivity contribution is 7.80. The van der Waals surface area contributed by atoms with Gasteiger partial charge in [0.25, 0.3) is 0 Å². The van der Waals surface area contributed by atoms with Crippen LogP contribution >= 0.6 is 12.6 Å². The summed E-state index contributed by atoms with van der Waals surface area (Å²) in [5.41, 5.74) is 4.00. The van der Waals surface area contributed by atoms with E-state index in [4.69, 9.17) is 10.2 Å². The van der Waals surface area contributed by atoms with Crippen LogP contribution in [0.4, 0.5) is 0 Å². The Bertz CT molecular complexity index is 750. The van der Waals surface area contributed by atoms with Crippen molar-refractivity contribution in [1.29, 1.82) is 0 Å². The molecule has 3 aromatic carbocycles. The van der Waals surface area contributed by atoms with Gasteiger partial charge in [-0.25, -0.2) is 0 Å². The Balaban J connectivity index is 0.000000252. The van der Waals surface area contributed by atoms with Gasteiger partial charge in [-0.15, -0.1) is 0 Å². The number of rotatable bonds is 8. The molecule has 3 aromatic rings. The highest BCUT2D eigenvalue weighted by Gasteiger charge is 2.15. The minimum absolute atomic E-state index is 0.100. The lowest BCUT2D eigenvalue weighted by molar-refractivity contribution is -0.121. The van der Waals surface area contributed by atoms with Crippen molar-refractivity contribution in [3.05, 3.63) is 108 Å². The number of hydrogen-bond acceptors (Lipinski definition) is 4. The average molecular weight is 424 g/mol. The molecule has 0 aliphatic rings. The van der Waals surface area contributed by atoms with E-state index in [1.54, 1.807) is 0 Å². The second-order valence-electron chi connectivity index (χ2n) is 6.78. The quantitative estimate of drug-likeness (QED) is 0.330. The number of thiol groups is 1. The lowest BCUT2D eigenvalue weighted by Crippen LogP contribution is -2.33. The van der Waals surface area contributed by atoms with Crippen LogP contribution in [0.25, 0.3) is 0 Å². The molecule has 1 atom stereocenters. The van der Waals surface area contributed by atoms with E-state index in [9.17, 15) is 4.79 Å². The first-order valence-corrected chi connectivity index (χ1v) is 10.6. The van der Waals surface area contributed by atoms with Crippen molar-refractivity contribution in [2.75, 3.05) is 18.9 Å². The monoisotopic (exact) mass is 423 g/mol. The van der Waals surface area contributed by atoms with Crippen LogP contribution in [0, 0.1) is 0 Å². The Morgan fingerprint density at radius 1 is 0.800 bits per heavy atom. The maximum atomic E-state index is 10.7. The largest absolute Gasteiger partial charge is 0.394 e. The molecular weight excluding hydrogens is 394 g/mol. The van der Waals surface area contributed by atoms with E-state index in [1.807, 2.05) is 0 Å². The van der Waals surface area contributed by atoms with Crippen LogP contribution < -0.4 is 5.32 Å². The van der Waals surface area contributed by atoms with Gasteiger partial charge in [-0.3, -0.25) is 4.79 Å². The number of amides is 1. The number of carbonyl (C=O) groups excluding carboxylic acids is 1. The Hall–Kier alpha value is -2.60. The van der Waals surface area contributed by atoms with Crippen molar-refractivity contribution < 1.29 is 15.0 Å². The predicted molar refractivity (Wildman–Crippen MR) is 125 cm³/mol. The van der Waals surface area contributed by atoms with Crippen LogP contribution in [-0.2, 0) is 4.79 Å². The highest BCUT2D eigenvalue weighted by Crippen LogP contribution is 2.31. The fourth-order valence-corrected chi connectivity index (χ4v) is 3.20. The molecule has 1 unspecified atom stereocenters. The second-order valence-corrected chi connectivity index (χ2v) is 7.23. The van der Waals surface area contributed by atoms with Crippen molar-refractivity contribution in [3.63, 3.8) is 0 Å². The van der Waals surface area contributed by atoms with Crippen molar-refractivity contribution >= 4 is 18.5 Å². The molecule has 0 aromatic heterocycles. The molecule has 0 saturated carbocycles. The molecule has 4 nitrogen and oxygen atoms in total. The topological polar surface area (TPSA) is 69.6 Å². The molecule has 3 N–H and O–H groups in total. The standard InChI is InChI=1S/C19H16.C6H13NO3S/c1-4-10-16(11-5-1)19(17-12-6-2-7-13-17)18-14-8-3-9-15-18;8-4-5(9)3-7-6(10)1-2-11/h1-15,19H;5,8-9,11H,1-4H2,(H,7,10). The van der Waals surface area contributed by atoms with Crippen molar-refractivity contribution in [1.82, 2.24) is 5.32 Å². The van der Waals surface area contributed by atoms with Gasteiger partial charge < -0.3 is 15.5 Å². The first-order chi connectivity index (χ1) is 14.7. The molecule has 0 aliphatic carbocycles. The van der Waals surface area contributed by atoms with Crippen LogP contribution in [0.1, 0.15) is 29.0 Å². The molecular formula is C25H29NO3S. The summed E-state index contributed by atoms with van der Waals surface area (Å²) in [4.78, 5) is 10.7. The van der Waals surface area contributed by atoms with Gasteiger partial charge in [-0.1, -0.05) is 91.0 Å². The summed E-state index contributed by atoms with van der Waals surface area (Å²) in [6.45, 7) is -0.232. The SMILES string of the molecule is O=C(CCS)NCC(O)CO.c1ccc(C(c2ccccc2)c2ccccc2)cc1. The normalized spacial score (nSPS) is 11.3. The summed E-state index contributed by atoms with van der Waals surface area (Å²) in [5, 5.41) is 19.6. The third-order valence-corrected chi connectivity index (χ3v) is 4.71. The highest BCUT2D eigenvalue weighted by atomic mass is 32.1. The molecule has 3 rings (SSSR count). The van der Waals surface area contributed by atoms with Gasteiger partial charge in [0.2, 0.25) is 5.91 Å². The minimum atomic E-state index is -0.862. The van der Waals surface area contributed by atoms with E-state index in [0.717, 1.165) is 0 Å². The van der Waals surface area contributed by atoms with Gasteiger partial charge in [0.1, 0.15) is 0 Å². The van der Waals surface area contributed by atoms with E-state index in [1.165, 1.54) is 16.7 Å². The molecule has 0 spiro atoms. The summed E-state index contributed by atoms with van der Waals surface area (Å²) < 4.78 is 0. The Morgan fingerprint density at radius 2 is 1.20 bits per heavy atom. The lowest BCUT2D eigenvalue weighted by atomic mass is 9.85. The van der Waals surface area contributed by atoms with E-state index in [0.29, 0.717) is 18.1 Å². The molecule has 0 bridgehead atoms. The van der Waals surface area contributed by atoms with Crippen molar-refractivity contribution in [3.8, 4) is 0 Å². The number of benzene rings is 3. The van der Waals surface area contributed by atoms with Crippen LogP contribution in [0.3, 0.4) is 0 Å². The molecule has 1 amide bonds. The first-order valence-electron chi connectivity index (χ1n) is 9.97. The second kappa shape index (κ2) is 13.6. The van der Waals surface area contributed by atoms with Crippen LogP contribution in [0.2, 0.25) is 0 Å². The number of hydrogen-bond donors (Lipinski definition) is 4. The maximum Gasteiger partial charge on any atom is 0.220 e. The lowest BCUT2D eigenvalue weighted by Gasteiger charge is -2.18. The van der Waals surface area contributed by atoms with E-state index in [-0.39, 0.29) is 19.1 Å². The maximum absolute atomic E-state index is 10.7. The number of nitrogens with one attached hydrogen (secondary N) is 1. The van der Waals surface area contributed by atoms with Gasteiger partial charge >= 0.3 is 0 Å². The molecule has 0 heterocycles. The van der Waals surface area contributed by atoms with Gasteiger partial charge in [0, 0.05) is 18.9 Å². The summed E-state index contributed by atoms with van der Waals surface area (Å²) in [6.07, 6.45) is -0.528. The summed E-state index contributed by atoms with van der Waals surface area (Å²) in [6, 6.07) is 32.0. The summed E-state index contributed by atoms with van der Waals surface area (Å²) in [5.74, 6) is 0.636. The Morgan fingerprint density at radius 3 is 1.53 bits per heavy atom. The minimum Gasteiger partial charge on any atom is -0.394 e. The molecule has 0 saturated heterocycles. The summed E-state index contributed by atoms with van der Waals surface area (Å²) in [7, 11) is 0. The molecule has 0 fully saturated rings. The van der Waals surface area contributed by atoms with Crippen molar-refractivity contribution in [2.24, 2.45) is 0 Å². The van der Waals surface area contributed by atoms with E-state index in [2.05, 4.69) is 109 Å². The fourth-order valence-electron chi connectivity index (χ4n) is 3.00. The molecule has 0 aliphatic heterocycles. The number of aliphatic hydroxyl groups excluding tert-OH is 2. The van der Waals surface area contributed by atoms with Gasteiger partial charge in [-0.05, 0) is 22.4 Å². The smallest absolute Gasteiger partial charge is 0.220 e. The molecule has 30 heavy (non-hydrogen) atoms. The van der Waals surface area contributed by atoms with Crippen LogP contribution in [-0.4, -0.2) is 41.1 Å². The van der Waals surface area contributed by atoms with Gasteiger partial charge in [-0.2, -0.15) is 12.6 Å². The molecule has 5 heteroatoms. The fraction of sp³-hybridized carbons (Fsp3) is 0.240. The summed E-state index contributed by atoms with van der Waals surface area (Å²) >= 11 is 3.85. The third-order valence-electron chi connectivity index (χ3n) is 4.48. The zero-order valence-electron chi connectivity index (χ0n) is 16.9. The zero-order valence-corrected chi connectivity index (χ0v) is 17.8. The van der Waals surface area contributed by atoms with Crippen molar-refractivity contribution in [2.45, 2.75) is 18.4 Å². The van der Waals surface area contributed by atoms with Gasteiger partial charge in [0.15, 0.2) is 0 Å². The Kier molecular flexibility index (Phi) is 10.7. The van der Waals surface area contributed by atoms with Crippen LogP contribution in [0.15, 0.2) is 91.0 Å². The number of aliphatic hydroxyl groups is 2. The van der Waals surface area contributed by atoms with Gasteiger partial charge in [0.05, 0.1) is 12.7 Å². The van der Waals surface area contributed by atoms with E-state index >= 15 is 0 Å². The first kappa shape index (κ1) is 23.7. The third kappa shape index (κ3) is 8.03. The van der Waals surface area contributed by atoms with E-state index < -0.39 is 6.10 Å². The predicted octanol–water partition coefficient (Wildman–Crippen LogP) is 3.64.